The van der Waals surface area contributed by atoms with Gasteiger partial charge in [-0.1, -0.05) is 35.9 Å². The molecular weight excluding hydrogens is 359 g/mol. The second-order valence-corrected chi connectivity index (χ2v) is 7.47. The van der Waals surface area contributed by atoms with Crippen molar-refractivity contribution in [3.8, 4) is 5.75 Å². The van der Waals surface area contributed by atoms with Crippen molar-refractivity contribution in [2.45, 2.75) is 52.6 Å². The van der Waals surface area contributed by atoms with Gasteiger partial charge in [0.2, 0.25) is 0 Å². The molecule has 0 aliphatic carbocycles. The number of rotatable bonds is 7. The summed E-state index contributed by atoms with van der Waals surface area (Å²) >= 11 is 6.13. The van der Waals surface area contributed by atoms with Crippen LogP contribution >= 0.6 is 11.6 Å². The highest BCUT2D eigenvalue weighted by atomic mass is 35.5. The van der Waals surface area contributed by atoms with E-state index in [1.54, 1.807) is 6.92 Å². The van der Waals surface area contributed by atoms with Gasteiger partial charge in [-0.05, 0) is 38.8 Å². The summed E-state index contributed by atoms with van der Waals surface area (Å²) in [5.74, 6) is 0.251. The molecule has 1 aromatic carbocycles. The van der Waals surface area contributed by atoms with E-state index in [0.717, 1.165) is 11.1 Å². The van der Waals surface area contributed by atoms with Crippen molar-refractivity contribution in [1.29, 1.82) is 0 Å². The van der Waals surface area contributed by atoms with Crippen LogP contribution in [0, 0.1) is 0 Å². The van der Waals surface area contributed by atoms with Gasteiger partial charge in [-0.3, -0.25) is 4.79 Å². The molecule has 1 heterocycles. The van der Waals surface area contributed by atoms with Crippen LogP contribution in [0.5, 0.6) is 5.75 Å². The zero-order valence-corrected chi connectivity index (χ0v) is 16.2. The first-order valence-corrected chi connectivity index (χ1v) is 8.76. The molecular formula is C19H24ClFN2O3. The minimum atomic E-state index is -0.505. The Hall–Kier alpha value is -1.92. The number of halogens is 2. The van der Waals surface area contributed by atoms with Crippen molar-refractivity contribution in [3.05, 3.63) is 57.0 Å². The van der Waals surface area contributed by atoms with Crippen molar-refractivity contribution >= 4 is 11.6 Å². The fraction of sp³-hybridized carbons (Fsp3) is 0.474. The van der Waals surface area contributed by atoms with Crippen LogP contribution in [0.3, 0.4) is 0 Å². The molecule has 26 heavy (non-hydrogen) atoms. The van der Waals surface area contributed by atoms with Crippen LogP contribution in [-0.2, 0) is 23.5 Å². The quantitative estimate of drug-likeness (QED) is 0.723. The van der Waals surface area contributed by atoms with E-state index in [1.165, 1.54) is 10.9 Å². The summed E-state index contributed by atoms with van der Waals surface area (Å²) in [7, 11) is 0. The first-order chi connectivity index (χ1) is 12.2. The maximum absolute atomic E-state index is 12.4. The average Bonchev–Trinajstić information content (AvgIpc) is 2.60. The maximum atomic E-state index is 12.4. The normalized spacial score (nSPS) is 12.8. The Morgan fingerprint density at radius 2 is 1.77 bits per heavy atom. The number of nitrogens with zero attached hydrogens (tertiary/aromatic N) is 2. The van der Waals surface area contributed by atoms with Crippen LogP contribution in [0.15, 0.2) is 35.3 Å². The predicted molar refractivity (Wildman–Crippen MR) is 99.5 cm³/mol. The van der Waals surface area contributed by atoms with Crippen molar-refractivity contribution in [2.75, 3.05) is 6.67 Å². The molecule has 0 aliphatic rings. The highest BCUT2D eigenvalue weighted by Gasteiger charge is 2.19. The number of hydrogen-bond acceptors (Lipinski definition) is 4. The first-order valence-electron chi connectivity index (χ1n) is 8.39. The molecule has 5 nitrogen and oxygen atoms in total. The van der Waals surface area contributed by atoms with Gasteiger partial charge in [0.15, 0.2) is 10.8 Å². The van der Waals surface area contributed by atoms with Crippen molar-refractivity contribution in [3.63, 3.8) is 0 Å². The summed E-state index contributed by atoms with van der Waals surface area (Å²) in [5.41, 5.74) is 1.01. The summed E-state index contributed by atoms with van der Waals surface area (Å²) in [5, 5.41) is 4.15. The standard InChI is InChI=1S/C19H24ClFN2O3/c1-13(9-21)25-11-14-5-7-15(8-6-14)12-26-16-10-22-23(19(2,3)4)18(24)17(16)20/h5-8,10,13H,9,11-12H2,1-4H3. The molecule has 1 unspecified atom stereocenters. The molecule has 2 rings (SSSR count). The molecule has 0 spiro atoms. The molecule has 0 N–H and O–H groups in total. The minimum Gasteiger partial charge on any atom is -0.485 e. The second kappa shape index (κ2) is 8.64. The third kappa shape index (κ3) is 5.29. The summed E-state index contributed by atoms with van der Waals surface area (Å²) in [6, 6.07) is 7.55. The van der Waals surface area contributed by atoms with E-state index in [-0.39, 0.29) is 22.9 Å². The van der Waals surface area contributed by atoms with Crippen molar-refractivity contribution in [2.24, 2.45) is 0 Å². The number of ether oxygens (including phenoxy) is 2. The lowest BCUT2D eigenvalue weighted by molar-refractivity contribution is 0.0366. The third-order valence-electron chi connectivity index (χ3n) is 3.69. The fourth-order valence-electron chi connectivity index (χ4n) is 2.17. The summed E-state index contributed by atoms with van der Waals surface area (Å²) < 4.78 is 24.7. The van der Waals surface area contributed by atoms with E-state index in [2.05, 4.69) is 5.10 Å². The van der Waals surface area contributed by atoms with Crippen LogP contribution < -0.4 is 10.3 Å². The highest BCUT2D eigenvalue weighted by molar-refractivity contribution is 6.31. The van der Waals surface area contributed by atoms with Gasteiger partial charge in [0.1, 0.15) is 13.3 Å². The molecule has 1 atom stereocenters. The van der Waals surface area contributed by atoms with E-state index in [4.69, 9.17) is 21.1 Å². The van der Waals surface area contributed by atoms with Crippen LogP contribution in [0.2, 0.25) is 5.02 Å². The van der Waals surface area contributed by atoms with Gasteiger partial charge >= 0.3 is 0 Å². The molecule has 0 bridgehead atoms. The Kier molecular flexibility index (Phi) is 6.78. The van der Waals surface area contributed by atoms with Gasteiger partial charge < -0.3 is 9.47 Å². The lowest BCUT2D eigenvalue weighted by Gasteiger charge is -2.21. The first kappa shape index (κ1) is 20.4. The summed E-state index contributed by atoms with van der Waals surface area (Å²) in [6.45, 7) is 7.41. The van der Waals surface area contributed by atoms with Gasteiger partial charge in [0.05, 0.1) is 24.4 Å². The zero-order valence-electron chi connectivity index (χ0n) is 15.5. The molecule has 0 saturated heterocycles. The molecule has 0 aliphatic heterocycles. The van der Waals surface area contributed by atoms with Crippen LogP contribution in [-0.4, -0.2) is 22.6 Å². The number of hydrogen-bond donors (Lipinski definition) is 0. The van der Waals surface area contributed by atoms with Crippen LogP contribution in [0.4, 0.5) is 4.39 Å². The topological polar surface area (TPSA) is 53.4 Å². The zero-order chi connectivity index (χ0) is 19.3. The number of aromatic nitrogens is 2. The number of alkyl halides is 1. The fourth-order valence-corrected chi connectivity index (χ4v) is 2.36. The largest absolute Gasteiger partial charge is 0.485 e. The van der Waals surface area contributed by atoms with E-state index in [0.29, 0.717) is 6.61 Å². The SMILES string of the molecule is CC(CF)OCc1ccc(COc2cnn(C(C)(C)C)c(=O)c2Cl)cc1. The number of benzene rings is 1. The molecule has 0 amide bonds. The Bertz CT molecular complexity index is 785. The smallest absolute Gasteiger partial charge is 0.289 e. The van der Waals surface area contributed by atoms with Crippen molar-refractivity contribution < 1.29 is 13.9 Å². The van der Waals surface area contributed by atoms with Gasteiger partial charge in [-0.2, -0.15) is 5.10 Å². The van der Waals surface area contributed by atoms with E-state index >= 15 is 0 Å². The lowest BCUT2D eigenvalue weighted by Crippen LogP contribution is -2.36. The van der Waals surface area contributed by atoms with Crippen LogP contribution in [0.1, 0.15) is 38.8 Å². The molecule has 0 saturated carbocycles. The highest BCUT2D eigenvalue weighted by Crippen LogP contribution is 2.22. The Balaban J connectivity index is 2.01. The average molecular weight is 383 g/mol. The lowest BCUT2D eigenvalue weighted by atomic mass is 10.1. The van der Waals surface area contributed by atoms with Crippen molar-refractivity contribution in [1.82, 2.24) is 9.78 Å². The van der Waals surface area contributed by atoms with Crippen LogP contribution in [0.25, 0.3) is 0 Å². The molecule has 142 valence electrons. The summed E-state index contributed by atoms with van der Waals surface area (Å²) in [4.78, 5) is 12.3. The maximum Gasteiger partial charge on any atom is 0.289 e. The van der Waals surface area contributed by atoms with E-state index in [1.807, 2.05) is 45.0 Å². The Morgan fingerprint density at radius 1 is 1.19 bits per heavy atom. The molecule has 1 aromatic heterocycles. The minimum absolute atomic E-state index is 0.0140. The van der Waals surface area contributed by atoms with Gasteiger partial charge in [0.25, 0.3) is 5.56 Å². The summed E-state index contributed by atoms with van der Waals surface area (Å²) in [6.07, 6.45) is 1.04. The molecule has 0 radical (unpaired) electrons. The molecule has 0 fully saturated rings. The Morgan fingerprint density at radius 3 is 2.31 bits per heavy atom. The second-order valence-electron chi connectivity index (χ2n) is 7.09. The van der Waals surface area contributed by atoms with E-state index < -0.39 is 18.3 Å². The van der Waals surface area contributed by atoms with Gasteiger partial charge in [-0.25, -0.2) is 9.07 Å². The monoisotopic (exact) mass is 382 g/mol. The molecule has 2 aromatic rings. The van der Waals surface area contributed by atoms with Gasteiger partial charge in [0, 0.05) is 0 Å². The van der Waals surface area contributed by atoms with Gasteiger partial charge in [-0.15, -0.1) is 0 Å². The third-order valence-corrected chi connectivity index (χ3v) is 4.04. The Labute approximate surface area is 157 Å². The molecule has 7 heteroatoms. The predicted octanol–water partition coefficient (Wildman–Crippen LogP) is 4.11. The van der Waals surface area contributed by atoms with E-state index in [9.17, 15) is 9.18 Å².